The second-order valence-electron chi connectivity index (χ2n) is 3.55. The third-order valence-corrected chi connectivity index (χ3v) is 3.29. The van der Waals surface area contributed by atoms with Crippen molar-refractivity contribution in [1.29, 1.82) is 0 Å². The number of benzene rings is 1. The number of hydrogen-bond acceptors (Lipinski definition) is 1. The lowest BCUT2D eigenvalue weighted by Gasteiger charge is -2.02. The molecule has 88 valence electrons. The van der Waals surface area contributed by atoms with Gasteiger partial charge in [0.25, 0.3) is 0 Å². The van der Waals surface area contributed by atoms with Crippen LogP contribution in [0.25, 0.3) is 0 Å². The molecular formula is C12H13Cl3O. The van der Waals surface area contributed by atoms with Crippen molar-refractivity contribution in [2.24, 2.45) is 0 Å². The highest BCUT2D eigenvalue weighted by Crippen LogP contribution is 2.23. The quantitative estimate of drug-likeness (QED) is 0.408. The van der Waals surface area contributed by atoms with Crippen molar-refractivity contribution >= 4 is 40.6 Å². The molecule has 0 atom stereocenters. The molecule has 0 bridgehead atoms. The first-order chi connectivity index (χ1) is 7.65. The van der Waals surface area contributed by atoms with Crippen LogP contribution in [0.1, 0.15) is 36.0 Å². The molecule has 0 spiro atoms. The van der Waals surface area contributed by atoms with E-state index in [1.165, 1.54) is 0 Å². The van der Waals surface area contributed by atoms with Gasteiger partial charge >= 0.3 is 0 Å². The first-order valence-corrected chi connectivity index (χ1v) is 6.48. The van der Waals surface area contributed by atoms with E-state index in [0.29, 0.717) is 27.9 Å². The van der Waals surface area contributed by atoms with E-state index < -0.39 is 0 Å². The van der Waals surface area contributed by atoms with Gasteiger partial charge in [0.05, 0.1) is 10.0 Å². The number of carbonyl (C=O) groups is 1. The lowest BCUT2D eigenvalue weighted by atomic mass is 10.1. The maximum Gasteiger partial charge on any atom is 0.162 e. The van der Waals surface area contributed by atoms with Gasteiger partial charge in [0.15, 0.2) is 5.78 Å². The van der Waals surface area contributed by atoms with Gasteiger partial charge in [-0.1, -0.05) is 29.6 Å². The summed E-state index contributed by atoms with van der Waals surface area (Å²) >= 11 is 17.2. The van der Waals surface area contributed by atoms with Crippen LogP contribution in [0.15, 0.2) is 18.2 Å². The van der Waals surface area contributed by atoms with Crippen LogP contribution in [-0.4, -0.2) is 11.7 Å². The summed E-state index contributed by atoms with van der Waals surface area (Å²) in [7, 11) is 0. The van der Waals surface area contributed by atoms with Gasteiger partial charge in [-0.2, -0.15) is 0 Å². The fraction of sp³-hybridized carbons (Fsp3) is 0.417. The maximum atomic E-state index is 11.7. The zero-order valence-electron chi connectivity index (χ0n) is 8.81. The van der Waals surface area contributed by atoms with Gasteiger partial charge < -0.3 is 0 Å². The zero-order chi connectivity index (χ0) is 12.0. The molecule has 0 saturated heterocycles. The van der Waals surface area contributed by atoms with Crippen LogP contribution in [-0.2, 0) is 0 Å². The topological polar surface area (TPSA) is 17.1 Å². The van der Waals surface area contributed by atoms with Gasteiger partial charge in [0, 0.05) is 17.9 Å². The SMILES string of the molecule is O=C(CCCCCCl)c1ccc(Cl)c(Cl)c1. The molecule has 0 aliphatic heterocycles. The zero-order valence-corrected chi connectivity index (χ0v) is 11.1. The Bertz CT molecular complexity index is 363. The molecule has 0 radical (unpaired) electrons. The lowest BCUT2D eigenvalue weighted by Crippen LogP contribution is -1.98. The summed E-state index contributed by atoms with van der Waals surface area (Å²) in [6.45, 7) is 0. The normalized spacial score (nSPS) is 10.4. The van der Waals surface area contributed by atoms with Gasteiger partial charge in [0.1, 0.15) is 0 Å². The van der Waals surface area contributed by atoms with Crippen LogP contribution in [0.4, 0.5) is 0 Å². The van der Waals surface area contributed by atoms with Crippen molar-refractivity contribution < 1.29 is 4.79 Å². The van der Waals surface area contributed by atoms with Crippen molar-refractivity contribution in [2.75, 3.05) is 5.88 Å². The highest BCUT2D eigenvalue weighted by Gasteiger charge is 2.07. The van der Waals surface area contributed by atoms with E-state index in [9.17, 15) is 4.79 Å². The Morgan fingerprint density at radius 2 is 1.81 bits per heavy atom. The predicted molar refractivity (Wildman–Crippen MR) is 70.0 cm³/mol. The second-order valence-corrected chi connectivity index (χ2v) is 4.74. The summed E-state index contributed by atoms with van der Waals surface area (Å²) in [6.07, 6.45) is 3.34. The van der Waals surface area contributed by atoms with Crippen LogP contribution < -0.4 is 0 Å². The summed E-state index contributed by atoms with van der Waals surface area (Å²) in [5.41, 5.74) is 0.625. The molecule has 0 heterocycles. The fourth-order valence-electron chi connectivity index (χ4n) is 1.37. The Hall–Kier alpha value is -0.240. The number of alkyl halides is 1. The monoisotopic (exact) mass is 278 g/mol. The predicted octanol–water partition coefficient (Wildman–Crippen LogP) is 4.98. The average Bonchev–Trinajstić information content (AvgIpc) is 2.28. The van der Waals surface area contributed by atoms with Crippen LogP contribution in [0.3, 0.4) is 0 Å². The summed E-state index contributed by atoms with van der Waals surface area (Å²) in [5, 5.41) is 0.897. The van der Waals surface area contributed by atoms with Crippen molar-refractivity contribution in [3.05, 3.63) is 33.8 Å². The summed E-state index contributed by atoms with van der Waals surface area (Å²) < 4.78 is 0. The van der Waals surface area contributed by atoms with Crippen LogP contribution in [0, 0.1) is 0 Å². The summed E-state index contributed by atoms with van der Waals surface area (Å²) in [6, 6.07) is 4.97. The second kappa shape index (κ2) is 7.16. The van der Waals surface area contributed by atoms with E-state index in [0.717, 1.165) is 19.3 Å². The summed E-state index contributed by atoms with van der Waals surface area (Å²) in [5.74, 6) is 0.758. The van der Waals surface area contributed by atoms with Gasteiger partial charge in [-0.05, 0) is 31.0 Å². The Labute approximate surface area is 111 Å². The number of hydrogen-bond donors (Lipinski definition) is 0. The molecule has 0 aliphatic carbocycles. The molecule has 0 saturated carbocycles. The third kappa shape index (κ3) is 4.32. The van der Waals surface area contributed by atoms with Crippen molar-refractivity contribution in [3.8, 4) is 0 Å². The molecule has 0 aromatic heterocycles. The van der Waals surface area contributed by atoms with Crippen LogP contribution in [0.5, 0.6) is 0 Å². The number of halogens is 3. The fourth-order valence-corrected chi connectivity index (χ4v) is 1.86. The molecule has 0 amide bonds. The number of carbonyl (C=O) groups excluding carboxylic acids is 1. The molecule has 1 aromatic carbocycles. The van der Waals surface area contributed by atoms with E-state index in [1.807, 2.05) is 0 Å². The van der Waals surface area contributed by atoms with E-state index >= 15 is 0 Å². The molecule has 4 heteroatoms. The highest BCUT2D eigenvalue weighted by atomic mass is 35.5. The smallest absolute Gasteiger partial charge is 0.162 e. The number of ketones is 1. The van der Waals surface area contributed by atoms with Crippen molar-refractivity contribution in [1.82, 2.24) is 0 Å². The summed E-state index contributed by atoms with van der Waals surface area (Å²) in [4.78, 5) is 11.7. The minimum atomic E-state index is 0.105. The molecule has 0 fully saturated rings. The van der Waals surface area contributed by atoms with Gasteiger partial charge in [-0.25, -0.2) is 0 Å². The van der Waals surface area contributed by atoms with Gasteiger partial charge in [0.2, 0.25) is 0 Å². The van der Waals surface area contributed by atoms with Crippen LogP contribution >= 0.6 is 34.8 Å². The molecule has 1 rings (SSSR count). The average molecular weight is 280 g/mol. The van der Waals surface area contributed by atoms with Crippen molar-refractivity contribution in [2.45, 2.75) is 25.7 Å². The van der Waals surface area contributed by atoms with E-state index in [2.05, 4.69) is 0 Å². The number of Topliss-reactive ketones (excluding diaryl/α,β-unsaturated/α-hetero) is 1. The van der Waals surface area contributed by atoms with E-state index in [4.69, 9.17) is 34.8 Å². The third-order valence-electron chi connectivity index (χ3n) is 2.28. The molecule has 0 aliphatic rings. The standard InChI is InChI=1S/C12H13Cl3O/c13-7-3-1-2-4-12(16)9-5-6-10(14)11(15)8-9/h5-6,8H,1-4,7H2. The molecule has 0 N–H and O–H groups in total. The molecule has 1 nitrogen and oxygen atoms in total. The van der Waals surface area contributed by atoms with Gasteiger partial charge in [-0.3, -0.25) is 4.79 Å². The lowest BCUT2D eigenvalue weighted by molar-refractivity contribution is 0.0979. The number of rotatable bonds is 6. The maximum absolute atomic E-state index is 11.7. The minimum absolute atomic E-state index is 0.105. The first-order valence-electron chi connectivity index (χ1n) is 5.19. The van der Waals surface area contributed by atoms with Crippen molar-refractivity contribution in [3.63, 3.8) is 0 Å². The highest BCUT2D eigenvalue weighted by molar-refractivity contribution is 6.42. The minimum Gasteiger partial charge on any atom is -0.294 e. The Balaban J connectivity index is 2.50. The number of unbranched alkanes of at least 4 members (excludes halogenated alkanes) is 2. The Morgan fingerprint density at radius 1 is 1.06 bits per heavy atom. The molecule has 16 heavy (non-hydrogen) atoms. The first kappa shape index (κ1) is 13.8. The Kier molecular flexibility index (Phi) is 6.18. The molecule has 1 aromatic rings. The van der Waals surface area contributed by atoms with Gasteiger partial charge in [-0.15, -0.1) is 11.6 Å². The molecule has 0 unspecified atom stereocenters. The Morgan fingerprint density at radius 3 is 2.44 bits per heavy atom. The molecular weight excluding hydrogens is 266 g/mol. The van der Waals surface area contributed by atoms with E-state index in [-0.39, 0.29) is 5.78 Å². The largest absolute Gasteiger partial charge is 0.294 e. The van der Waals surface area contributed by atoms with E-state index in [1.54, 1.807) is 18.2 Å². The van der Waals surface area contributed by atoms with Crippen LogP contribution in [0.2, 0.25) is 10.0 Å².